The zero-order chi connectivity index (χ0) is 20.5. The lowest BCUT2D eigenvalue weighted by molar-refractivity contribution is 0.0472. The fraction of sp³-hybridized carbons (Fsp3) is 0.227. The molecule has 0 aliphatic carbocycles. The van der Waals surface area contributed by atoms with E-state index in [0.29, 0.717) is 24.6 Å². The Morgan fingerprint density at radius 3 is 2.47 bits per heavy atom. The molecule has 3 aromatic rings. The van der Waals surface area contributed by atoms with Crippen molar-refractivity contribution in [2.75, 3.05) is 7.05 Å². The van der Waals surface area contributed by atoms with Gasteiger partial charge in [0.25, 0.3) is 0 Å². The average Bonchev–Trinajstić information content (AvgIpc) is 3.18. The first-order valence-electron chi connectivity index (χ1n) is 9.37. The Morgan fingerprint density at radius 1 is 1.03 bits per heavy atom. The van der Waals surface area contributed by atoms with Crippen LogP contribution in [0.5, 0.6) is 0 Å². The molecule has 8 heteroatoms. The van der Waals surface area contributed by atoms with Gasteiger partial charge in [-0.15, -0.1) is 24.0 Å². The molecule has 30 heavy (non-hydrogen) atoms. The van der Waals surface area contributed by atoms with E-state index in [-0.39, 0.29) is 36.6 Å². The van der Waals surface area contributed by atoms with Crippen LogP contribution in [0.2, 0.25) is 0 Å². The van der Waals surface area contributed by atoms with Gasteiger partial charge in [0.2, 0.25) is 0 Å². The van der Waals surface area contributed by atoms with Crippen molar-refractivity contribution in [2.45, 2.75) is 19.7 Å². The Bertz CT molecular complexity index is 972. The smallest absolute Gasteiger partial charge is 0.338 e. The average molecular weight is 519 g/mol. The third kappa shape index (κ3) is 6.87. The maximum atomic E-state index is 12.3. The van der Waals surface area contributed by atoms with E-state index in [2.05, 4.69) is 20.7 Å². The number of benzene rings is 2. The lowest BCUT2D eigenvalue weighted by atomic mass is 10.1. The number of hydrogen-bond acceptors (Lipinski definition) is 4. The number of hydrogen-bond donors (Lipinski definition) is 2. The second-order valence-electron chi connectivity index (χ2n) is 6.49. The van der Waals surface area contributed by atoms with Crippen molar-refractivity contribution in [1.29, 1.82) is 0 Å². The molecule has 0 saturated heterocycles. The number of carbonyl (C=O) groups is 1. The normalized spacial score (nSPS) is 10.8. The van der Waals surface area contributed by atoms with E-state index in [0.717, 1.165) is 16.8 Å². The van der Waals surface area contributed by atoms with Crippen LogP contribution in [0.3, 0.4) is 0 Å². The molecule has 2 N–H and O–H groups in total. The number of rotatable bonds is 7. The summed E-state index contributed by atoms with van der Waals surface area (Å²) in [4.78, 5) is 16.6. The van der Waals surface area contributed by atoms with E-state index in [9.17, 15) is 4.79 Å². The van der Waals surface area contributed by atoms with Crippen LogP contribution < -0.4 is 10.6 Å². The Balaban J connectivity index is 0.00000320. The summed E-state index contributed by atoms with van der Waals surface area (Å²) in [6.07, 6.45) is 1.76. The van der Waals surface area contributed by atoms with Gasteiger partial charge in [-0.05, 0) is 29.3 Å². The summed E-state index contributed by atoms with van der Waals surface area (Å²) in [5.74, 6) is 0.331. The molecule has 7 nitrogen and oxygen atoms in total. The summed E-state index contributed by atoms with van der Waals surface area (Å²) in [5, 5.41) is 10.6. The van der Waals surface area contributed by atoms with Crippen LogP contribution in [0.15, 0.2) is 71.9 Å². The summed E-state index contributed by atoms with van der Waals surface area (Å²) in [6.45, 7) is 1.40. The number of guanidine groups is 1. The van der Waals surface area contributed by atoms with Crippen molar-refractivity contribution < 1.29 is 9.53 Å². The van der Waals surface area contributed by atoms with E-state index in [1.165, 1.54) is 0 Å². The Hall–Kier alpha value is -2.88. The number of aliphatic imine (C=N–C) groups is 1. The second-order valence-corrected chi connectivity index (χ2v) is 6.49. The summed E-state index contributed by atoms with van der Waals surface area (Å²) in [5.41, 5.74) is 3.50. The van der Waals surface area contributed by atoms with Crippen molar-refractivity contribution in [3.05, 3.63) is 89.2 Å². The quantitative estimate of drug-likeness (QED) is 0.217. The fourth-order valence-electron chi connectivity index (χ4n) is 2.77. The number of aromatic nitrogens is 2. The van der Waals surface area contributed by atoms with E-state index < -0.39 is 0 Å². The molecule has 3 rings (SSSR count). The molecule has 0 aliphatic heterocycles. The second kappa shape index (κ2) is 12.0. The molecule has 0 amide bonds. The van der Waals surface area contributed by atoms with Crippen molar-refractivity contribution in [3.63, 3.8) is 0 Å². The Morgan fingerprint density at radius 2 is 1.77 bits per heavy atom. The van der Waals surface area contributed by atoms with Crippen LogP contribution in [0.25, 0.3) is 0 Å². The number of aryl methyl sites for hydroxylation is 1. The molecule has 1 heterocycles. The molecule has 0 radical (unpaired) electrons. The first kappa shape index (κ1) is 23.4. The fourth-order valence-corrected chi connectivity index (χ4v) is 2.77. The Labute approximate surface area is 193 Å². The highest BCUT2D eigenvalue weighted by Gasteiger charge is 2.09. The highest BCUT2D eigenvalue weighted by Crippen LogP contribution is 2.09. The summed E-state index contributed by atoms with van der Waals surface area (Å²) < 4.78 is 7.21. The summed E-state index contributed by atoms with van der Waals surface area (Å²) in [6, 6.07) is 19.0. The van der Waals surface area contributed by atoms with Crippen LogP contribution in [0.1, 0.15) is 27.2 Å². The molecule has 158 valence electrons. The molecule has 0 fully saturated rings. The van der Waals surface area contributed by atoms with Gasteiger partial charge in [0.1, 0.15) is 6.61 Å². The van der Waals surface area contributed by atoms with Crippen molar-refractivity contribution in [3.8, 4) is 0 Å². The van der Waals surface area contributed by atoms with Crippen molar-refractivity contribution in [1.82, 2.24) is 20.4 Å². The molecule has 0 unspecified atom stereocenters. The highest BCUT2D eigenvalue weighted by molar-refractivity contribution is 14.0. The van der Waals surface area contributed by atoms with Crippen molar-refractivity contribution >= 4 is 35.9 Å². The third-order valence-electron chi connectivity index (χ3n) is 4.42. The van der Waals surface area contributed by atoms with Gasteiger partial charge in [0, 0.05) is 26.8 Å². The van der Waals surface area contributed by atoms with Gasteiger partial charge in [0.15, 0.2) is 5.96 Å². The lowest BCUT2D eigenvalue weighted by Crippen LogP contribution is -2.36. The van der Waals surface area contributed by atoms with Crippen LogP contribution in [-0.4, -0.2) is 28.8 Å². The molecule has 1 aromatic heterocycles. The molecule has 0 spiro atoms. The Kier molecular flexibility index (Phi) is 9.33. The van der Waals surface area contributed by atoms with E-state index in [1.54, 1.807) is 19.3 Å². The zero-order valence-electron chi connectivity index (χ0n) is 17.0. The molecule has 0 bridgehead atoms. The minimum atomic E-state index is -0.339. The molecular formula is C22H26IN5O2. The van der Waals surface area contributed by atoms with Gasteiger partial charge >= 0.3 is 5.97 Å². The molecular weight excluding hydrogens is 493 g/mol. The van der Waals surface area contributed by atoms with E-state index in [1.807, 2.05) is 66.3 Å². The van der Waals surface area contributed by atoms with Gasteiger partial charge in [-0.2, -0.15) is 5.10 Å². The van der Waals surface area contributed by atoms with Gasteiger partial charge in [0.05, 0.1) is 17.8 Å². The zero-order valence-corrected chi connectivity index (χ0v) is 19.4. The first-order chi connectivity index (χ1) is 14.2. The number of ether oxygens (including phenoxy) is 1. The first-order valence-corrected chi connectivity index (χ1v) is 9.37. The minimum absolute atomic E-state index is 0. The van der Waals surface area contributed by atoms with Crippen LogP contribution in [0, 0.1) is 0 Å². The third-order valence-corrected chi connectivity index (χ3v) is 4.42. The molecule has 2 aromatic carbocycles. The van der Waals surface area contributed by atoms with Crippen LogP contribution >= 0.6 is 24.0 Å². The molecule has 0 saturated carbocycles. The number of esters is 1. The van der Waals surface area contributed by atoms with Gasteiger partial charge in [-0.25, -0.2) is 4.79 Å². The summed E-state index contributed by atoms with van der Waals surface area (Å²) in [7, 11) is 3.62. The monoisotopic (exact) mass is 519 g/mol. The van der Waals surface area contributed by atoms with E-state index >= 15 is 0 Å². The van der Waals surface area contributed by atoms with Gasteiger partial charge < -0.3 is 15.4 Å². The maximum absolute atomic E-state index is 12.3. The largest absolute Gasteiger partial charge is 0.457 e. The highest BCUT2D eigenvalue weighted by atomic mass is 127. The van der Waals surface area contributed by atoms with Crippen LogP contribution in [-0.2, 0) is 31.5 Å². The number of nitrogens with zero attached hydrogens (tertiary/aromatic N) is 3. The number of carbonyl (C=O) groups excluding carboxylic acids is 1. The SMILES string of the molecule is CN=C(NCc1cccc(C(=O)OCc2ccccc2)c1)NCc1ccnn1C.I. The number of nitrogens with one attached hydrogen (secondary N) is 2. The minimum Gasteiger partial charge on any atom is -0.457 e. The predicted molar refractivity (Wildman–Crippen MR) is 128 cm³/mol. The topological polar surface area (TPSA) is 80.5 Å². The van der Waals surface area contributed by atoms with Gasteiger partial charge in [-0.1, -0.05) is 42.5 Å². The van der Waals surface area contributed by atoms with Crippen molar-refractivity contribution in [2.24, 2.45) is 12.0 Å². The maximum Gasteiger partial charge on any atom is 0.338 e. The van der Waals surface area contributed by atoms with Crippen LogP contribution in [0.4, 0.5) is 0 Å². The standard InChI is InChI=1S/C22H25N5O2.HI/c1-23-22(25-15-20-11-12-26-27(20)2)24-14-18-9-6-10-19(13-18)21(28)29-16-17-7-4-3-5-8-17;/h3-13H,14-16H2,1-2H3,(H2,23,24,25);1H. The van der Waals surface area contributed by atoms with Gasteiger partial charge in [-0.3, -0.25) is 9.67 Å². The number of halogens is 1. The molecule has 0 aliphatic rings. The predicted octanol–water partition coefficient (Wildman–Crippen LogP) is 3.26. The lowest BCUT2D eigenvalue weighted by Gasteiger charge is -2.12. The summed E-state index contributed by atoms with van der Waals surface area (Å²) >= 11 is 0. The molecule has 0 atom stereocenters. The van der Waals surface area contributed by atoms with E-state index in [4.69, 9.17) is 4.74 Å².